The molecule has 0 aliphatic carbocycles. The Labute approximate surface area is 162 Å². The van der Waals surface area contributed by atoms with Crippen LogP contribution in [0.1, 0.15) is 17.3 Å². The fourth-order valence-corrected chi connectivity index (χ4v) is 2.61. The number of hydrogen-bond donors (Lipinski definition) is 2. The molecule has 0 bridgehead atoms. The van der Waals surface area contributed by atoms with E-state index in [1.807, 2.05) is 6.92 Å². The van der Waals surface area contributed by atoms with Gasteiger partial charge in [-0.2, -0.15) is 0 Å². The van der Waals surface area contributed by atoms with Crippen LogP contribution in [0.15, 0.2) is 36.4 Å². The minimum atomic E-state index is -0.876. The molecular formula is C20H23NO7. The van der Waals surface area contributed by atoms with E-state index in [-0.39, 0.29) is 25.9 Å². The Hall–Kier alpha value is -3.13. The summed E-state index contributed by atoms with van der Waals surface area (Å²) in [5.74, 6) is 2.52. The Balaban J connectivity index is 1.48. The van der Waals surface area contributed by atoms with Crippen molar-refractivity contribution in [3.05, 3.63) is 42.0 Å². The average molecular weight is 389 g/mol. The number of methoxy groups -OCH3 is 1. The van der Waals surface area contributed by atoms with E-state index < -0.39 is 6.10 Å². The van der Waals surface area contributed by atoms with E-state index in [0.717, 1.165) is 0 Å². The van der Waals surface area contributed by atoms with Crippen molar-refractivity contribution in [1.82, 2.24) is 5.32 Å². The number of amides is 1. The first-order valence-corrected chi connectivity index (χ1v) is 8.90. The number of aliphatic hydroxyl groups excluding tert-OH is 1. The Morgan fingerprint density at radius 3 is 2.75 bits per heavy atom. The van der Waals surface area contributed by atoms with Crippen LogP contribution in [-0.2, 0) is 0 Å². The third kappa shape index (κ3) is 4.77. The quantitative estimate of drug-likeness (QED) is 0.677. The van der Waals surface area contributed by atoms with Gasteiger partial charge >= 0.3 is 0 Å². The third-order valence-electron chi connectivity index (χ3n) is 4.01. The first-order chi connectivity index (χ1) is 13.6. The third-order valence-corrected chi connectivity index (χ3v) is 4.01. The van der Waals surface area contributed by atoms with Crippen LogP contribution in [0, 0.1) is 0 Å². The molecule has 1 heterocycles. The lowest BCUT2D eigenvalue weighted by molar-refractivity contribution is 0.0843. The summed E-state index contributed by atoms with van der Waals surface area (Å²) in [6, 6.07) is 10.1. The van der Waals surface area contributed by atoms with Gasteiger partial charge in [-0.15, -0.1) is 0 Å². The standard InChI is InChI=1S/C20H23NO7/c1-3-25-16-6-4-13(8-18(16)24-2)20(23)21-10-14(22)11-26-15-5-7-17-19(9-15)28-12-27-17/h4-9,14,22H,3,10-12H2,1-2H3,(H,21,23). The normalized spacial score (nSPS) is 13.0. The average Bonchev–Trinajstić information content (AvgIpc) is 3.18. The molecule has 1 amide bonds. The van der Waals surface area contributed by atoms with Gasteiger partial charge in [0.05, 0.1) is 13.7 Å². The summed E-state index contributed by atoms with van der Waals surface area (Å²) in [4.78, 5) is 12.3. The number of rotatable bonds is 9. The van der Waals surface area contributed by atoms with Gasteiger partial charge in [0.2, 0.25) is 6.79 Å². The molecule has 0 radical (unpaired) electrons. The lowest BCUT2D eigenvalue weighted by Crippen LogP contribution is -2.35. The lowest BCUT2D eigenvalue weighted by Gasteiger charge is -2.14. The maximum absolute atomic E-state index is 12.3. The molecule has 2 N–H and O–H groups in total. The van der Waals surface area contributed by atoms with Crippen molar-refractivity contribution in [2.75, 3.05) is 33.7 Å². The minimum Gasteiger partial charge on any atom is -0.493 e. The number of fused-ring (bicyclic) bond motifs is 1. The number of carbonyl (C=O) groups excluding carboxylic acids is 1. The van der Waals surface area contributed by atoms with Crippen molar-refractivity contribution in [1.29, 1.82) is 0 Å². The Bertz CT molecular complexity index is 824. The van der Waals surface area contributed by atoms with E-state index >= 15 is 0 Å². The summed E-state index contributed by atoms with van der Waals surface area (Å²) >= 11 is 0. The Morgan fingerprint density at radius 1 is 1.14 bits per heavy atom. The highest BCUT2D eigenvalue weighted by Gasteiger charge is 2.15. The van der Waals surface area contributed by atoms with Gasteiger partial charge in [0.25, 0.3) is 5.91 Å². The van der Waals surface area contributed by atoms with Crippen LogP contribution in [0.4, 0.5) is 0 Å². The predicted molar refractivity (Wildman–Crippen MR) is 101 cm³/mol. The van der Waals surface area contributed by atoms with Crippen LogP contribution in [0.3, 0.4) is 0 Å². The van der Waals surface area contributed by atoms with Crippen molar-refractivity contribution in [2.24, 2.45) is 0 Å². The van der Waals surface area contributed by atoms with E-state index in [1.165, 1.54) is 7.11 Å². The van der Waals surface area contributed by atoms with E-state index in [0.29, 0.717) is 40.9 Å². The maximum atomic E-state index is 12.3. The second-order valence-corrected chi connectivity index (χ2v) is 5.99. The fourth-order valence-electron chi connectivity index (χ4n) is 2.61. The molecule has 8 heteroatoms. The molecule has 0 spiro atoms. The minimum absolute atomic E-state index is 0.0204. The zero-order chi connectivity index (χ0) is 19.9. The monoisotopic (exact) mass is 389 g/mol. The molecule has 1 aliphatic heterocycles. The van der Waals surface area contributed by atoms with Gasteiger partial charge in [-0.1, -0.05) is 0 Å². The zero-order valence-corrected chi connectivity index (χ0v) is 15.8. The van der Waals surface area contributed by atoms with E-state index in [1.54, 1.807) is 36.4 Å². The molecule has 3 rings (SSSR count). The molecule has 1 unspecified atom stereocenters. The van der Waals surface area contributed by atoms with Crippen LogP contribution < -0.4 is 29.0 Å². The fraction of sp³-hybridized carbons (Fsp3) is 0.350. The molecule has 0 fully saturated rings. The number of carbonyl (C=O) groups is 1. The second kappa shape index (κ2) is 9.18. The molecule has 8 nitrogen and oxygen atoms in total. The maximum Gasteiger partial charge on any atom is 0.251 e. The summed E-state index contributed by atoms with van der Waals surface area (Å²) in [5, 5.41) is 12.7. The summed E-state index contributed by atoms with van der Waals surface area (Å²) in [6.07, 6.45) is -0.876. The van der Waals surface area contributed by atoms with Crippen LogP contribution in [0.25, 0.3) is 0 Å². The molecule has 150 valence electrons. The van der Waals surface area contributed by atoms with Gasteiger partial charge in [-0.3, -0.25) is 4.79 Å². The molecule has 2 aromatic rings. The van der Waals surface area contributed by atoms with Gasteiger partial charge in [-0.25, -0.2) is 0 Å². The first kappa shape index (κ1) is 19.6. The van der Waals surface area contributed by atoms with Gasteiger partial charge < -0.3 is 34.1 Å². The number of nitrogens with one attached hydrogen (secondary N) is 1. The number of aliphatic hydroxyl groups is 1. The van der Waals surface area contributed by atoms with Crippen molar-refractivity contribution >= 4 is 5.91 Å². The summed E-state index contributed by atoms with van der Waals surface area (Å²) in [7, 11) is 1.51. The first-order valence-electron chi connectivity index (χ1n) is 8.90. The summed E-state index contributed by atoms with van der Waals surface area (Å²) < 4.78 is 26.7. The van der Waals surface area contributed by atoms with Crippen molar-refractivity contribution in [2.45, 2.75) is 13.0 Å². The molecule has 1 atom stereocenters. The molecular weight excluding hydrogens is 366 g/mol. The van der Waals surface area contributed by atoms with Gasteiger partial charge in [-0.05, 0) is 37.3 Å². The number of ether oxygens (including phenoxy) is 5. The highest BCUT2D eigenvalue weighted by atomic mass is 16.7. The molecule has 0 saturated carbocycles. The summed E-state index contributed by atoms with van der Waals surface area (Å²) in [6.45, 7) is 2.61. The predicted octanol–water partition coefficient (Wildman–Crippen LogP) is 1.99. The molecule has 1 aliphatic rings. The van der Waals surface area contributed by atoms with E-state index in [2.05, 4.69) is 5.32 Å². The summed E-state index contributed by atoms with van der Waals surface area (Å²) in [5.41, 5.74) is 0.407. The van der Waals surface area contributed by atoms with E-state index in [4.69, 9.17) is 23.7 Å². The SMILES string of the molecule is CCOc1ccc(C(=O)NCC(O)COc2ccc3c(c2)OCO3)cc1OC. The van der Waals surface area contributed by atoms with E-state index in [9.17, 15) is 9.90 Å². The van der Waals surface area contributed by atoms with Crippen LogP contribution in [0.2, 0.25) is 0 Å². The smallest absolute Gasteiger partial charge is 0.251 e. The topological polar surface area (TPSA) is 95.5 Å². The van der Waals surface area contributed by atoms with Gasteiger partial charge in [0, 0.05) is 18.2 Å². The highest BCUT2D eigenvalue weighted by molar-refractivity contribution is 5.94. The Kier molecular flexibility index (Phi) is 6.44. The van der Waals surface area contributed by atoms with Gasteiger partial charge in [0.1, 0.15) is 18.5 Å². The second-order valence-electron chi connectivity index (χ2n) is 5.99. The van der Waals surface area contributed by atoms with Crippen LogP contribution in [-0.4, -0.2) is 50.8 Å². The molecule has 0 aromatic heterocycles. The Morgan fingerprint density at radius 2 is 1.96 bits per heavy atom. The van der Waals surface area contributed by atoms with Gasteiger partial charge in [0.15, 0.2) is 23.0 Å². The number of benzene rings is 2. The zero-order valence-electron chi connectivity index (χ0n) is 15.8. The number of hydrogen-bond acceptors (Lipinski definition) is 7. The lowest BCUT2D eigenvalue weighted by atomic mass is 10.2. The highest BCUT2D eigenvalue weighted by Crippen LogP contribution is 2.35. The molecule has 0 saturated heterocycles. The van der Waals surface area contributed by atoms with Crippen molar-refractivity contribution in [3.63, 3.8) is 0 Å². The largest absolute Gasteiger partial charge is 0.493 e. The van der Waals surface area contributed by atoms with Crippen LogP contribution >= 0.6 is 0 Å². The molecule has 28 heavy (non-hydrogen) atoms. The van der Waals surface area contributed by atoms with Crippen molar-refractivity contribution < 1.29 is 33.6 Å². The molecule has 2 aromatic carbocycles. The van der Waals surface area contributed by atoms with Crippen LogP contribution in [0.5, 0.6) is 28.7 Å². The van der Waals surface area contributed by atoms with Crippen molar-refractivity contribution in [3.8, 4) is 28.7 Å².